The monoisotopic (exact) mass is 179 g/mol. The Kier molecular flexibility index (Phi) is 2.90. The highest BCUT2D eigenvalue weighted by Gasteiger charge is 2.09. The maximum Gasteiger partial charge on any atom is 0.0440 e. The van der Waals surface area contributed by atoms with Crippen molar-refractivity contribution in [2.45, 2.75) is 19.9 Å². The van der Waals surface area contributed by atoms with Crippen molar-refractivity contribution < 1.29 is 0 Å². The summed E-state index contributed by atoms with van der Waals surface area (Å²) in [6.45, 7) is 4.43. The molecular formula is C10H17N3. The average Bonchev–Trinajstić information content (AvgIpc) is 2.10. The largest absolute Gasteiger partial charge is 0.398 e. The molecule has 6 N–H and O–H groups in total. The number of hydrogen-bond donors (Lipinski definition) is 3. The van der Waals surface area contributed by atoms with Crippen molar-refractivity contribution in [1.29, 1.82) is 0 Å². The highest BCUT2D eigenvalue weighted by molar-refractivity contribution is 5.56. The van der Waals surface area contributed by atoms with E-state index in [0.717, 1.165) is 16.8 Å². The zero-order valence-electron chi connectivity index (χ0n) is 8.17. The third kappa shape index (κ3) is 1.99. The van der Waals surface area contributed by atoms with Gasteiger partial charge in [0.2, 0.25) is 0 Å². The van der Waals surface area contributed by atoms with Gasteiger partial charge in [-0.3, -0.25) is 0 Å². The Labute approximate surface area is 78.9 Å². The summed E-state index contributed by atoms with van der Waals surface area (Å²) < 4.78 is 0. The fourth-order valence-electron chi connectivity index (χ4n) is 1.45. The first kappa shape index (κ1) is 10.0. The Morgan fingerprint density at radius 3 is 2.46 bits per heavy atom. The van der Waals surface area contributed by atoms with Gasteiger partial charge in [0.25, 0.3) is 0 Å². The smallest absolute Gasteiger partial charge is 0.0440 e. The quantitative estimate of drug-likeness (QED) is 0.589. The van der Waals surface area contributed by atoms with E-state index in [1.165, 1.54) is 5.56 Å². The van der Waals surface area contributed by atoms with E-state index < -0.39 is 0 Å². The lowest BCUT2D eigenvalue weighted by Gasteiger charge is -2.15. The molecule has 1 aromatic carbocycles. The van der Waals surface area contributed by atoms with E-state index in [9.17, 15) is 0 Å². The number of nitrogen functional groups attached to an aromatic ring is 1. The molecular weight excluding hydrogens is 162 g/mol. The molecule has 1 rings (SSSR count). The minimum Gasteiger partial charge on any atom is -0.398 e. The normalized spacial score (nSPS) is 12.9. The Morgan fingerprint density at radius 2 is 1.92 bits per heavy atom. The second-order valence-corrected chi connectivity index (χ2v) is 3.43. The molecule has 1 aromatic rings. The molecule has 0 saturated carbocycles. The van der Waals surface area contributed by atoms with Crippen LogP contribution in [0.5, 0.6) is 0 Å². The van der Waals surface area contributed by atoms with Gasteiger partial charge >= 0.3 is 0 Å². The highest BCUT2D eigenvalue weighted by atomic mass is 14.7. The van der Waals surface area contributed by atoms with E-state index in [4.69, 9.17) is 17.2 Å². The van der Waals surface area contributed by atoms with E-state index in [1.54, 1.807) is 0 Å². The van der Waals surface area contributed by atoms with Gasteiger partial charge in [-0.1, -0.05) is 17.7 Å². The van der Waals surface area contributed by atoms with E-state index in [2.05, 4.69) is 0 Å². The summed E-state index contributed by atoms with van der Waals surface area (Å²) >= 11 is 0. The molecule has 0 aliphatic carbocycles. The Hall–Kier alpha value is -1.06. The van der Waals surface area contributed by atoms with Crippen molar-refractivity contribution in [2.24, 2.45) is 11.5 Å². The van der Waals surface area contributed by atoms with Gasteiger partial charge in [-0.15, -0.1) is 0 Å². The maximum atomic E-state index is 5.89. The zero-order valence-corrected chi connectivity index (χ0v) is 8.17. The molecule has 0 aliphatic heterocycles. The summed E-state index contributed by atoms with van der Waals surface area (Å²) in [5.74, 6) is 0. The molecule has 13 heavy (non-hydrogen) atoms. The number of aryl methyl sites for hydroxylation is 2. The van der Waals surface area contributed by atoms with Gasteiger partial charge < -0.3 is 17.2 Å². The minimum atomic E-state index is -0.154. The van der Waals surface area contributed by atoms with Gasteiger partial charge in [0.1, 0.15) is 0 Å². The third-order valence-electron chi connectivity index (χ3n) is 2.22. The summed E-state index contributed by atoms with van der Waals surface area (Å²) in [4.78, 5) is 0. The lowest BCUT2D eigenvalue weighted by molar-refractivity contribution is 0.738. The second kappa shape index (κ2) is 3.77. The number of rotatable bonds is 2. The van der Waals surface area contributed by atoms with Gasteiger partial charge in [0.15, 0.2) is 0 Å². The lowest BCUT2D eigenvalue weighted by atomic mass is 9.99. The molecule has 0 amide bonds. The highest BCUT2D eigenvalue weighted by Crippen LogP contribution is 2.23. The van der Waals surface area contributed by atoms with E-state index in [0.29, 0.717) is 6.54 Å². The first-order chi connectivity index (χ1) is 6.06. The zero-order chi connectivity index (χ0) is 10.0. The number of hydrogen-bond acceptors (Lipinski definition) is 3. The predicted molar refractivity (Wildman–Crippen MR) is 56.3 cm³/mol. The molecule has 0 bridgehead atoms. The molecule has 0 aliphatic rings. The standard InChI is InChI=1S/C10H17N3/c1-6-3-7(2)10(13)8(4-6)9(12)5-11/h3-4,9H,5,11-13H2,1-2H3. The maximum absolute atomic E-state index is 5.89. The van der Waals surface area contributed by atoms with Crippen molar-refractivity contribution in [3.8, 4) is 0 Å². The molecule has 1 atom stereocenters. The van der Waals surface area contributed by atoms with Crippen LogP contribution in [0, 0.1) is 13.8 Å². The first-order valence-corrected chi connectivity index (χ1v) is 4.38. The lowest BCUT2D eigenvalue weighted by Crippen LogP contribution is -2.22. The Balaban J connectivity index is 3.20. The molecule has 0 spiro atoms. The molecule has 0 heterocycles. The summed E-state index contributed by atoms with van der Waals surface area (Å²) in [6.07, 6.45) is 0. The van der Waals surface area contributed by atoms with E-state index in [1.807, 2.05) is 26.0 Å². The molecule has 0 aromatic heterocycles. The SMILES string of the molecule is Cc1cc(C)c(N)c(C(N)CN)c1. The van der Waals surface area contributed by atoms with Gasteiger partial charge in [-0.05, 0) is 25.0 Å². The third-order valence-corrected chi connectivity index (χ3v) is 2.22. The predicted octanol–water partition coefficient (Wildman–Crippen LogP) is 0.844. The summed E-state index contributed by atoms with van der Waals surface area (Å²) in [5.41, 5.74) is 21.2. The van der Waals surface area contributed by atoms with E-state index in [-0.39, 0.29) is 6.04 Å². The van der Waals surface area contributed by atoms with Crippen LogP contribution < -0.4 is 17.2 Å². The van der Waals surface area contributed by atoms with Crippen LogP contribution in [-0.4, -0.2) is 6.54 Å². The fraction of sp³-hybridized carbons (Fsp3) is 0.400. The van der Waals surface area contributed by atoms with Crippen molar-refractivity contribution in [3.63, 3.8) is 0 Å². The van der Waals surface area contributed by atoms with Crippen LogP contribution in [0.1, 0.15) is 22.7 Å². The fourth-order valence-corrected chi connectivity index (χ4v) is 1.45. The Bertz CT molecular complexity index is 307. The Morgan fingerprint density at radius 1 is 1.31 bits per heavy atom. The van der Waals surface area contributed by atoms with Crippen molar-refractivity contribution in [1.82, 2.24) is 0 Å². The van der Waals surface area contributed by atoms with Crippen molar-refractivity contribution >= 4 is 5.69 Å². The summed E-state index contributed by atoms with van der Waals surface area (Å²) in [7, 11) is 0. The number of nitrogens with two attached hydrogens (primary N) is 3. The van der Waals surface area contributed by atoms with Crippen LogP contribution in [0.3, 0.4) is 0 Å². The van der Waals surface area contributed by atoms with Crippen molar-refractivity contribution in [3.05, 3.63) is 28.8 Å². The molecule has 0 saturated heterocycles. The van der Waals surface area contributed by atoms with Crippen LogP contribution in [0.25, 0.3) is 0 Å². The molecule has 0 radical (unpaired) electrons. The molecule has 1 unspecified atom stereocenters. The minimum absolute atomic E-state index is 0.154. The summed E-state index contributed by atoms with van der Waals surface area (Å²) in [6, 6.07) is 3.89. The van der Waals surface area contributed by atoms with Crippen LogP contribution >= 0.6 is 0 Å². The van der Waals surface area contributed by atoms with Crippen LogP contribution in [-0.2, 0) is 0 Å². The molecule has 72 valence electrons. The van der Waals surface area contributed by atoms with Gasteiger partial charge in [-0.25, -0.2) is 0 Å². The molecule has 0 fully saturated rings. The topological polar surface area (TPSA) is 78.1 Å². The first-order valence-electron chi connectivity index (χ1n) is 4.38. The van der Waals surface area contributed by atoms with E-state index >= 15 is 0 Å². The number of anilines is 1. The van der Waals surface area contributed by atoms with Crippen LogP contribution in [0.2, 0.25) is 0 Å². The summed E-state index contributed by atoms with van der Waals surface area (Å²) in [5, 5.41) is 0. The van der Waals surface area contributed by atoms with Crippen molar-refractivity contribution in [2.75, 3.05) is 12.3 Å². The molecule has 3 nitrogen and oxygen atoms in total. The second-order valence-electron chi connectivity index (χ2n) is 3.43. The van der Waals surface area contributed by atoms with Crippen LogP contribution in [0.4, 0.5) is 5.69 Å². The van der Waals surface area contributed by atoms with Gasteiger partial charge in [-0.2, -0.15) is 0 Å². The average molecular weight is 179 g/mol. The van der Waals surface area contributed by atoms with Gasteiger partial charge in [0, 0.05) is 18.3 Å². The molecule has 3 heteroatoms. The van der Waals surface area contributed by atoms with Gasteiger partial charge in [0.05, 0.1) is 0 Å². The number of benzene rings is 1. The van der Waals surface area contributed by atoms with Crippen LogP contribution in [0.15, 0.2) is 12.1 Å².